The molecule has 20 heavy (non-hydrogen) atoms. The quantitative estimate of drug-likeness (QED) is 0.676. The van der Waals surface area contributed by atoms with E-state index in [1.807, 2.05) is 17.5 Å². The smallest absolute Gasteiger partial charge is 0.323 e. The maximum atomic E-state index is 11.3. The monoisotopic (exact) mass is 352 g/mol. The maximum Gasteiger partial charge on any atom is 0.323 e. The van der Waals surface area contributed by atoms with Crippen LogP contribution in [0.1, 0.15) is 29.0 Å². The van der Waals surface area contributed by atoms with Gasteiger partial charge in [-0.1, -0.05) is 22.9 Å². The minimum Gasteiger partial charge on any atom is -0.383 e. The van der Waals surface area contributed by atoms with E-state index in [0.29, 0.717) is 5.52 Å². The average molecular weight is 353 g/mol. The van der Waals surface area contributed by atoms with Crippen LogP contribution in [0.3, 0.4) is 0 Å². The number of halogens is 1. The molecule has 3 rings (SSSR count). The fourth-order valence-corrected chi connectivity index (χ4v) is 3.86. The van der Waals surface area contributed by atoms with E-state index in [4.69, 9.17) is 0 Å². The lowest BCUT2D eigenvalue weighted by Gasteiger charge is -2.13. The zero-order chi connectivity index (χ0) is 14.3. The molecule has 0 fully saturated rings. The fourth-order valence-electron chi connectivity index (χ4n) is 2.30. The Kier molecular flexibility index (Phi) is 3.54. The molecule has 4 nitrogen and oxygen atoms in total. The number of nitrogens with one attached hydrogen (secondary N) is 2. The van der Waals surface area contributed by atoms with E-state index >= 15 is 0 Å². The molecule has 3 N–H and O–H groups in total. The normalized spacial score (nSPS) is 12.9. The van der Waals surface area contributed by atoms with E-state index in [0.717, 1.165) is 32.4 Å². The SMILES string of the molecule is CCc1ccsc1C(O)c1cc2[nH]c(=O)[nH]c2cc1Br. The van der Waals surface area contributed by atoms with Crippen LogP contribution in [-0.4, -0.2) is 15.1 Å². The number of aryl methyl sites for hydroxylation is 1. The summed E-state index contributed by atoms with van der Waals surface area (Å²) in [5.41, 5.74) is 3.08. The van der Waals surface area contributed by atoms with Gasteiger partial charge in [0.15, 0.2) is 0 Å². The van der Waals surface area contributed by atoms with Crippen LogP contribution < -0.4 is 5.69 Å². The minimum atomic E-state index is -0.692. The topological polar surface area (TPSA) is 68.9 Å². The van der Waals surface area contributed by atoms with E-state index < -0.39 is 6.10 Å². The number of hydrogen-bond donors (Lipinski definition) is 3. The first-order chi connectivity index (χ1) is 9.60. The first kappa shape index (κ1) is 13.6. The van der Waals surface area contributed by atoms with Crippen molar-refractivity contribution in [2.75, 3.05) is 0 Å². The second-order valence-corrected chi connectivity index (χ2v) is 6.37. The lowest BCUT2D eigenvalue weighted by molar-refractivity contribution is 0.222. The van der Waals surface area contributed by atoms with E-state index in [1.54, 1.807) is 17.4 Å². The Hall–Kier alpha value is -1.37. The average Bonchev–Trinajstić information content (AvgIpc) is 3.01. The van der Waals surface area contributed by atoms with Crippen molar-refractivity contribution in [3.63, 3.8) is 0 Å². The number of benzene rings is 1. The van der Waals surface area contributed by atoms with E-state index in [9.17, 15) is 9.90 Å². The van der Waals surface area contributed by atoms with Crippen LogP contribution in [-0.2, 0) is 6.42 Å². The lowest BCUT2D eigenvalue weighted by Crippen LogP contribution is -2.01. The molecule has 0 saturated carbocycles. The first-order valence-electron chi connectivity index (χ1n) is 6.26. The summed E-state index contributed by atoms with van der Waals surface area (Å²) >= 11 is 5.01. The number of aliphatic hydroxyl groups excluding tert-OH is 1. The van der Waals surface area contributed by atoms with Crippen molar-refractivity contribution in [3.8, 4) is 0 Å². The summed E-state index contributed by atoms with van der Waals surface area (Å²) in [6.45, 7) is 2.07. The van der Waals surface area contributed by atoms with Crippen LogP contribution in [0.4, 0.5) is 0 Å². The van der Waals surface area contributed by atoms with Gasteiger partial charge in [-0.15, -0.1) is 11.3 Å². The summed E-state index contributed by atoms with van der Waals surface area (Å²) in [5.74, 6) is 0. The van der Waals surface area contributed by atoms with Gasteiger partial charge in [-0.05, 0) is 35.6 Å². The van der Waals surface area contributed by atoms with E-state index in [-0.39, 0.29) is 5.69 Å². The highest BCUT2D eigenvalue weighted by Gasteiger charge is 2.19. The summed E-state index contributed by atoms with van der Waals surface area (Å²) in [5, 5.41) is 12.6. The van der Waals surface area contributed by atoms with E-state index in [1.165, 1.54) is 0 Å². The van der Waals surface area contributed by atoms with Gasteiger partial charge in [0.05, 0.1) is 11.0 Å². The zero-order valence-corrected chi connectivity index (χ0v) is 13.1. The Morgan fingerprint density at radius 3 is 2.75 bits per heavy atom. The van der Waals surface area contributed by atoms with Crippen LogP contribution >= 0.6 is 27.3 Å². The van der Waals surface area contributed by atoms with Crippen molar-refractivity contribution in [2.45, 2.75) is 19.4 Å². The highest BCUT2D eigenvalue weighted by Crippen LogP contribution is 2.35. The number of imidazole rings is 1. The maximum absolute atomic E-state index is 11.3. The highest BCUT2D eigenvalue weighted by molar-refractivity contribution is 9.10. The number of fused-ring (bicyclic) bond motifs is 1. The molecule has 1 atom stereocenters. The van der Waals surface area contributed by atoms with Crippen molar-refractivity contribution in [2.24, 2.45) is 0 Å². The number of aliphatic hydroxyl groups is 1. The molecule has 1 unspecified atom stereocenters. The molecule has 0 bridgehead atoms. The Morgan fingerprint density at radius 1 is 1.35 bits per heavy atom. The van der Waals surface area contributed by atoms with Gasteiger partial charge < -0.3 is 15.1 Å². The molecular formula is C14H13BrN2O2S. The van der Waals surface area contributed by atoms with Gasteiger partial charge >= 0.3 is 5.69 Å². The Bertz CT molecular complexity index is 818. The van der Waals surface area contributed by atoms with Crippen LogP contribution in [0, 0.1) is 0 Å². The molecule has 0 spiro atoms. The van der Waals surface area contributed by atoms with Gasteiger partial charge in [0, 0.05) is 14.9 Å². The highest BCUT2D eigenvalue weighted by atomic mass is 79.9. The molecule has 1 aromatic carbocycles. The van der Waals surface area contributed by atoms with E-state index in [2.05, 4.69) is 32.8 Å². The molecule has 0 saturated heterocycles. The minimum absolute atomic E-state index is 0.246. The summed E-state index contributed by atoms with van der Waals surface area (Å²) in [6.07, 6.45) is 0.193. The van der Waals surface area contributed by atoms with Crippen molar-refractivity contribution in [1.82, 2.24) is 9.97 Å². The molecule has 0 amide bonds. The van der Waals surface area contributed by atoms with Crippen molar-refractivity contribution >= 4 is 38.3 Å². The predicted molar refractivity (Wildman–Crippen MR) is 84.4 cm³/mol. The van der Waals surface area contributed by atoms with Crippen molar-refractivity contribution in [3.05, 3.63) is 54.5 Å². The molecule has 104 valence electrons. The second kappa shape index (κ2) is 5.20. The van der Waals surface area contributed by atoms with Crippen LogP contribution in [0.15, 0.2) is 32.8 Å². The van der Waals surface area contributed by atoms with Crippen LogP contribution in [0.2, 0.25) is 0 Å². The third-order valence-corrected chi connectivity index (χ3v) is 5.04. The van der Waals surface area contributed by atoms with Gasteiger partial charge in [0.1, 0.15) is 6.10 Å². The predicted octanol–water partition coefficient (Wildman–Crippen LogP) is 3.32. The van der Waals surface area contributed by atoms with Crippen LogP contribution in [0.25, 0.3) is 11.0 Å². The van der Waals surface area contributed by atoms with Gasteiger partial charge in [0.2, 0.25) is 0 Å². The lowest BCUT2D eigenvalue weighted by atomic mass is 10.0. The summed E-state index contributed by atoms with van der Waals surface area (Å²) in [6, 6.07) is 5.65. The van der Waals surface area contributed by atoms with Gasteiger partial charge in [-0.25, -0.2) is 4.79 Å². The number of H-pyrrole nitrogens is 2. The Balaban J connectivity index is 2.13. The molecule has 3 aromatic rings. The molecule has 6 heteroatoms. The molecule has 2 heterocycles. The van der Waals surface area contributed by atoms with Crippen molar-refractivity contribution in [1.29, 1.82) is 0 Å². The molecule has 0 aliphatic carbocycles. The Labute approximate surface area is 127 Å². The summed E-state index contributed by atoms with van der Waals surface area (Å²) in [4.78, 5) is 17.7. The molecular weight excluding hydrogens is 340 g/mol. The number of aromatic nitrogens is 2. The summed E-state index contributed by atoms with van der Waals surface area (Å²) in [7, 11) is 0. The number of hydrogen-bond acceptors (Lipinski definition) is 3. The summed E-state index contributed by atoms with van der Waals surface area (Å²) < 4.78 is 0.781. The largest absolute Gasteiger partial charge is 0.383 e. The van der Waals surface area contributed by atoms with Crippen LogP contribution in [0.5, 0.6) is 0 Å². The third kappa shape index (κ3) is 2.24. The second-order valence-electron chi connectivity index (χ2n) is 4.56. The number of aromatic amines is 2. The molecule has 0 aliphatic rings. The number of thiophene rings is 1. The zero-order valence-electron chi connectivity index (χ0n) is 10.7. The standard InChI is InChI=1S/C14H13BrN2O2S/c1-2-7-3-4-20-13(7)12(18)8-5-10-11(6-9(8)15)17-14(19)16-10/h3-6,12,18H,2H2,1H3,(H2,16,17,19). The van der Waals surface area contributed by atoms with Gasteiger partial charge in [-0.3, -0.25) is 0 Å². The fraction of sp³-hybridized carbons (Fsp3) is 0.214. The Morgan fingerprint density at radius 2 is 2.05 bits per heavy atom. The third-order valence-electron chi connectivity index (χ3n) is 3.34. The van der Waals surface area contributed by atoms with Crippen molar-refractivity contribution < 1.29 is 5.11 Å². The van der Waals surface area contributed by atoms with Gasteiger partial charge in [-0.2, -0.15) is 0 Å². The number of rotatable bonds is 3. The molecule has 0 aliphatic heterocycles. The first-order valence-corrected chi connectivity index (χ1v) is 7.93. The molecule has 0 radical (unpaired) electrons. The molecule has 2 aromatic heterocycles. The van der Waals surface area contributed by atoms with Gasteiger partial charge in [0.25, 0.3) is 0 Å².